The van der Waals surface area contributed by atoms with Gasteiger partial charge in [-0.2, -0.15) is 0 Å². The fourth-order valence-corrected chi connectivity index (χ4v) is 5.97. The Morgan fingerprint density at radius 2 is 1.42 bits per heavy atom. The maximum Gasteiger partial charge on any atom is 0.337 e. The molecule has 0 fully saturated rings. The Labute approximate surface area is 292 Å². The Bertz CT molecular complexity index is 1680. The highest BCUT2D eigenvalue weighted by molar-refractivity contribution is 6.03. The summed E-state index contributed by atoms with van der Waals surface area (Å²) in [6.45, 7) is 8.11. The predicted octanol–water partition coefficient (Wildman–Crippen LogP) is 4.71. The van der Waals surface area contributed by atoms with Crippen molar-refractivity contribution in [3.63, 3.8) is 0 Å². The summed E-state index contributed by atoms with van der Waals surface area (Å²) < 4.78 is 22.2. The first kappa shape index (κ1) is 37.5. The Morgan fingerprint density at radius 3 is 1.90 bits per heavy atom. The van der Waals surface area contributed by atoms with Crippen molar-refractivity contribution >= 4 is 29.4 Å². The summed E-state index contributed by atoms with van der Waals surface area (Å²) in [7, 11) is 4.33. The molecule has 3 amide bonds. The molecular formula is C38H45N3O9. The topological polar surface area (TPSA) is 135 Å². The van der Waals surface area contributed by atoms with Crippen LogP contribution in [0.1, 0.15) is 56.1 Å². The molecule has 50 heavy (non-hydrogen) atoms. The molecule has 3 aromatic rings. The average Bonchev–Trinajstić information content (AvgIpc) is 3.10. The molecule has 0 spiro atoms. The van der Waals surface area contributed by atoms with Gasteiger partial charge in [0.2, 0.25) is 11.7 Å². The molecule has 12 heteroatoms. The number of hydrogen-bond acceptors (Lipinski definition) is 9. The Morgan fingerprint density at radius 1 is 0.860 bits per heavy atom. The molecule has 0 radical (unpaired) electrons. The zero-order chi connectivity index (χ0) is 36.7. The highest BCUT2D eigenvalue weighted by Crippen LogP contribution is 2.43. The normalized spacial score (nSPS) is 15.7. The minimum atomic E-state index is -1.86. The average molecular weight is 688 g/mol. The van der Waals surface area contributed by atoms with Crippen LogP contribution in [0.15, 0.2) is 79.0 Å². The van der Waals surface area contributed by atoms with E-state index >= 15 is 4.79 Å². The number of hydrogen-bond donors (Lipinski definition) is 1. The largest absolute Gasteiger partial charge is 0.493 e. The second kappa shape index (κ2) is 16.4. The molecule has 1 aliphatic rings. The molecule has 0 saturated heterocycles. The van der Waals surface area contributed by atoms with E-state index in [-0.39, 0.29) is 29.4 Å². The lowest BCUT2D eigenvalue weighted by molar-refractivity contribution is -0.177. The Hall–Kier alpha value is -5.36. The molecule has 1 aliphatic heterocycles. The second-order valence-electron chi connectivity index (χ2n) is 12.4. The number of hydrazine groups is 1. The summed E-state index contributed by atoms with van der Waals surface area (Å²) in [6.07, 6.45) is -0.956. The van der Waals surface area contributed by atoms with Gasteiger partial charge in [0.15, 0.2) is 17.6 Å². The summed E-state index contributed by atoms with van der Waals surface area (Å²) in [4.78, 5) is 57.7. The van der Waals surface area contributed by atoms with Gasteiger partial charge in [0.25, 0.3) is 11.8 Å². The smallest absolute Gasteiger partial charge is 0.337 e. The van der Waals surface area contributed by atoms with Crippen molar-refractivity contribution in [2.45, 2.75) is 65.3 Å². The molecule has 266 valence electrons. The van der Waals surface area contributed by atoms with Crippen LogP contribution >= 0.6 is 0 Å². The fourth-order valence-electron chi connectivity index (χ4n) is 5.97. The molecule has 1 N–H and O–H groups in total. The fraction of sp³-hybridized carbons (Fsp3) is 0.368. The van der Waals surface area contributed by atoms with Crippen LogP contribution in [0, 0.1) is 5.92 Å². The molecule has 3 aromatic carbocycles. The van der Waals surface area contributed by atoms with E-state index in [1.54, 1.807) is 94.4 Å². The van der Waals surface area contributed by atoms with Crippen molar-refractivity contribution in [2.75, 3.05) is 21.3 Å². The number of rotatable bonds is 13. The molecule has 12 nitrogen and oxygen atoms in total. The van der Waals surface area contributed by atoms with Crippen LogP contribution in [0.25, 0.3) is 5.70 Å². The summed E-state index contributed by atoms with van der Waals surface area (Å²) in [6, 6.07) is 18.3. The van der Waals surface area contributed by atoms with E-state index in [9.17, 15) is 19.5 Å². The van der Waals surface area contributed by atoms with E-state index in [0.29, 0.717) is 16.7 Å². The molecule has 0 bridgehead atoms. The number of ether oxygens (including phenoxy) is 4. The van der Waals surface area contributed by atoms with Crippen LogP contribution in [-0.2, 0) is 25.5 Å². The van der Waals surface area contributed by atoms with Gasteiger partial charge >= 0.3 is 5.97 Å². The summed E-state index contributed by atoms with van der Waals surface area (Å²) in [5, 5.41) is 13.9. The van der Waals surface area contributed by atoms with Crippen LogP contribution in [0.3, 0.4) is 0 Å². The SMILES string of the molecule is COc1cc(C2=CN(C(=O)c3ccccc3)C(C(C)C)C(=O)N2N(C(C)=O)[C@@H](Cc2ccccc2)C(O)C(=O)OC(C)C)cc(OC)c1OC. The van der Waals surface area contributed by atoms with Gasteiger partial charge in [-0.25, -0.2) is 14.8 Å². The molecule has 1 heterocycles. The van der Waals surface area contributed by atoms with Crippen molar-refractivity contribution in [1.29, 1.82) is 0 Å². The van der Waals surface area contributed by atoms with E-state index in [2.05, 4.69) is 0 Å². The van der Waals surface area contributed by atoms with Crippen LogP contribution < -0.4 is 14.2 Å². The number of amides is 3. The van der Waals surface area contributed by atoms with Gasteiger partial charge in [0.1, 0.15) is 6.04 Å². The van der Waals surface area contributed by atoms with Crippen molar-refractivity contribution < 1.29 is 43.2 Å². The summed E-state index contributed by atoms with van der Waals surface area (Å²) in [5.74, 6) is -2.37. The lowest BCUT2D eigenvalue weighted by Gasteiger charge is -2.47. The highest BCUT2D eigenvalue weighted by Gasteiger charge is 2.48. The number of aliphatic hydroxyl groups is 1. The third kappa shape index (κ3) is 7.92. The molecule has 0 saturated carbocycles. The molecule has 0 aliphatic carbocycles. The maximum absolute atomic E-state index is 15.0. The minimum Gasteiger partial charge on any atom is -0.493 e. The first-order valence-corrected chi connectivity index (χ1v) is 16.3. The van der Waals surface area contributed by atoms with Crippen LogP contribution in [0.5, 0.6) is 17.2 Å². The second-order valence-corrected chi connectivity index (χ2v) is 12.4. The monoisotopic (exact) mass is 687 g/mol. The lowest BCUT2D eigenvalue weighted by Crippen LogP contribution is -2.64. The van der Waals surface area contributed by atoms with E-state index < -0.39 is 53.9 Å². The number of aliphatic hydroxyl groups excluding tert-OH is 1. The van der Waals surface area contributed by atoms with Crippen LogP contribution in [0.2, 0.25) is 0 Å². The van der Waals surface area contributed by atoms with Crippen LogP contribution in [-0.4, -0.2) is 89.3 Å². The third-order valence-electron chi connectivity index (χ3n) is 8.20. The van der Waals surface area contributed by atoms with E-state index in [4.69, 9.17) is 18.9 Å². The summed E-state index contributed by atoms with van der Waals surface area (Å²) >= 11 is 0. The quantitative estimate of drug-likeness (QED) is 0.254. The number of nitrogens with zero attached hydrogens (tertiary/aromatic N) is 3. The summed E-state index contributed by atoms with van der Waals surface area (Å²) in [5.41, 5.74) is 1.42. The number of esters is 1. The van der Waals surface area contributed by atoms with Gasteiger partial charge in [0.05, 0.1) is 39.2 Å². The molecule has 2 unspecified atom stereocenters. The zero-order valence-corrected chi connectivity index (χ0v) is 29.7. The first-order chi connectivity index (χ1) is 23.8. The van der Waals surface area contributed by atoms with Gasteiger partial charge in [-0.05, 0) is 56.0 Å². The van der Waals surface area contributed by atoms with E-state index in [0.717, 1.165) is 10.0 Å². The first-order valence-electron chi connectivity index (χ1n) is 16.3. The number of methoxy groups -OCH3 is 3. The molecular weight excluding hydrogens is 642 g/mol. The molecule has 0 aromatic heterocycles. The van der Waals surface area contributed by atoms with Gasteiger partial charge in [-0.3, -0.25) is 19.3 Å². The molecule has 4 rings (SSSR count). The van der Waals surface area contributed by atoms with Crippen molar-refractivity contribution in [2.24, 2.45) is 5.92 Å². The standard InChI is InChI=1S/C38H45N3O9/c1-23(2)33-37(45)41(40(25(5)42)29(19-26-15-11-9-12-16-26)34(43)38(46)50-24(3)4)30(22-39(33)36(44)27-17-13-10-14-18-27)28-20-31(47-6)35(49-8)32(21-28)48-7/h9-18,20-24,29,33-34,43H,19H2,1-8H3/t29-,33?,34?/m0/s1. The van der Waals surface area contributed by atoms with E-state index in [1.807, 2.05) is 6.07 Å². The Kier molecular flexibility index (Phi) is 12.3. The Balaban J connectivity index is 2.04. The van der Waals surface area contributed by atoms with Gasteiger partial charge in [-0.15, -0.1) is 0 Å². The predicted molar refractivity (Wildman–Crippen MR) is 186 cm³/mol. The van der Waals surface area contributed by atoms with Gasteiger partial charge in [0, 0.05) is 24.3 Å². The van der Waals surface area contributed by atoms with Gasteiger partial charge < -0.3 is 24.1 Å². The number of benzene rings is 3. The van der Waals surface area contributed by atoms with E-state index in [1.165, 1.54) is 39.4 Å². The zero-order valence-electron chi connectivity index (χ0n) is 29.7. The number of carbonyl (C=O) groups is 4. The minimum absolute atomic E-state index is 0.0277. The third-order valence-corrected chi connectivity index (χ3v) is 8.20. The highest BCUT2D eigenvalue weighted by atomic mass is 16.6. The van der Waals surface area contributed by atoms with Crippen molar-refractivity contribution in [1.82, 2.24) is 14.9 Å². The van der Waals surface area contributed by atoms with Crippen molar-refractivity contribution in [3.05, 3.63) is 95.7 Å². The molecule has 3 atom stereocenters. The lowest BCUT2D eigenvalue weighted by atomic mass is 9.95. The maximum atomic E-state index is 15.0. The van der Waals surface area contributed by atoms with Crippen molar-refractivity contribution in [3.8, 4) is 17.2 Å². The number of carbonyl (C=O) groups excluding carboxylic acids is 4. The van der Waals surface area contributed by atoms with Gasteiger partial charge in [-0.1, -0.05) is 62.4 Å². The van der Waals surface area contributed by atoms with Crippen LogP contribution in [0.4, 0.5) is 0 Å².